The number of hydrogen-bond acceptors (Lipinski definition) is 4. The summed E-state index contributed by atoms with van der Waals surface area (Å²) in [5.74, 6) is -0.358. The van der Waals surface area contributed by atoms with E-state index < -0.39 is 6.10 Å². The number of rotatable bonds is 10. The van der Waals surface area contributed by atoms with E-state index in [1.807, 2.05) is 30.3 Å². The zero-order valence-corrected chi connectivity index (χ0v) is 12.1. The van der Waals surface area contributed by atoms with E-state index in [1.165, 1.54) is 12.7 Å². The van der Waals surface area contributed by atoms with Crippen molar-refractivity contribution in [2.24, 2.45) is 0 Å². The normalized spacial score (nSPS) is 12.1. The average molecular weight is 280 g/mol. The van der Waals surface area contributed by atoms with Gasteiger partial charge in [0, 0.05) is 6.61 Å². The standard InChI is InChI=1S/C16H24O4/c1-19-16(18)12-15(17)10-6-3-7-11-20-13-14-8-4-2-5-9-14/h2,4-5,8-9,15,17H,3,6-7,10-13H2,1H3/t15-/m0/s1. The summed E-state index contributed by atoms with van der Waals surface area (Å²) in [5, 5.41) is 9.57. The van der Waals surface area contributed by atoms with Crippen molar-refractivity contribution in [3.63, 3.8) is 0 Å². The molecule has 1 rings (SSSR count). The quantitative estimate of drug-likeness (QED) is 0.529. The van der Waals surface area contributed by atoms with E-state index in [0.29, 0.717) is 13.0 Å². The molecule has 0 saturated heterocycles. The monoisotopic (exact) mass is 280 g/mol. The first-order valence-corrected chi connectivity index (χ1v) is 7.09. The van der Waals surface area contributed by atoms with Crippen molar-refractivity contribution in [1.82, 2.24) is 0 Å². The molecule has 0 heterocycles. The fraction of sp³-hybridized carbons (Fsp3) is 0.562. The summed E-state index contributed by atoms with van der Waals surface area (Å²) in [4.78, 5) is 10.9. The van der Waals surface area contributed by atoms with Crippen LogP contribution in [0.5, 0.6) is 0 Å². The van der Waals surface area contributed by atoms with Gasteiger partial charge in [-0.1, -0.05) is 43.2 Å². The molecule has 112 valence electrons. The predicted octanol–water partition coefficient (Wildman–Crippen LogP) is 2.69. The predicted molar refractivity (Wildman–Crippen MR) is 77.2 cm³/mol. The molecule has 0 aliphatic rings. The molecule has 0 aromatic heterocycles. The molecule has 0 radical (unpaired) electrons. The molecule has 0 amide bonds. The molecular weight excluding hydrogens is 256 g/mol. The third-order valence-electron chi connectivity index (χ3n) is 3.07. The maximum atomic E-state index is 10.9. The van der Waals surface area contributed by atoms with E-state index in [1.54, 1.807) is 0 Å². The number of ether oxygens (including phenoxy) is 2. The van der Waals surface area contributed by atoms with Crippen LogP contribution in [0.4, 0.5) is 0 Å². The zero-order valence-electron chi connectivity index (χ0n) is 12.1. The lowest BCUT2D eigenvalue weighted by Gasteiger charge is -2.09. The van der Waals surface area contributed by atoms with Crippen LogP contribution < -0.4 is 0 Å². The van der Waals surface area contributed by atoms with Crippen molar-refractivity contribution in [2.45, 2.75) is 44.8 Å². The minimum atomic E-state index is -0.590. The first-order chi connectivity index (χ1) is 9.72. The molecule has 4 heteroatoms. The number of carbonyl (C=O) groups excluding carboxylic acids is 1. The molecule has 0 bridgehead atoms. The van der Waals surface area contributed by atoms with Crippen molar-refractivity contribution >= 4 is 5.97 Å². The van der Waals surface area contributed by atoms with Gasteiger partial charge in [-0.2, -0.15) is 0 Å². The third-order valence-corrected chi connectivity index (χ3v) is 3.07. The van der Waals surface area contributed by atoms with E-state index >= 15 is 0 Å². The summed E-state index contributed by atoms with van der Waals surface area (Å²) >= 11 is 0. The molecule has 0 aliphatic heterocycles. The van der Waals surface area contributed by atoms with Crippen LogP contribution >= 0.6 is 0 Å². The van der Waals surface area contributed by atoms with E-state index in [0.717, 1.165) is 25.9 Å². The fourth-order valence-electron chi connectivity index (χ4n) is 1.90. The molecule has 1 atom stereocenters. The fourth-order valence-corrected chi connectivity index (χ4v) is 1.90. The lowest BCUT2D eigenvalue weighted by molar-refractivity contribution is -0.142. The molecule has 1 N–H and O–H groups in total. The van der Waals surface area contributed by atoms with E-state index in [4.69, 9.17) is 4.74 Å². The van der Waals surface area contributed by atoms with Crippen molar-refractivity contribution in [2.75, 3.05) is 13.7 Å². The molecule has 1 aromatic carbocycles. The summed E-state index contributed by atoms with van der Waals surface area (Å²) in [6, 6.07) is 10.1. The van der Waals surface area contributed by atoms with Crippen molar-refractivity contribution in [3.05, 3.63) is 35.9 Å². The van der Waals surface area contributed by atoms with Gasteiger partial charge < -0.3 is 14.6 Å². The Bertz CT molecular complexity index is 364. The lowest BCUT2D eigenvalue weighted by atomic mass is 10.1. The van der Waals surface area contributed by atoms with Crippen LogP contribution in [0.2, 0.25) is 0 Å². The Morgan fingerprint density at radius 3 is 2.65 bits per heavy atom. The summed E-state index contributed by atoms with van der Waals surface area (Å²) in [6.07, 6.45) is 2.99. The molecule has 0 saturated carbocycles. The molecule has 0 unspecified atom stereocenters. The van der Waals surface area contributed by atoms with E-state index in [9.17, 15) is 9.90 Å². The van der Waals surface area contributed by atoms with Gasteiger partial charge in [-0.3, -0.25) is 4.79 Å². The van der Waals surface area contributed by atoms with Gasteiger partial charge in [-0.05, 0) is 18.4 Å². The smallest absolute Gasteiger partial charge is 0.308 e. The Labute approximate surface area is 120 Å². The van der Waals surface area contributed by atoms with Crippen LogP contribution in [0.25, 0.3) is 0 Å². The second-order valence-electron chi connectivity index (χ2n) is 4.82. The minimum absolute atomic E-state index is 0.0843. The van der Waals surface area contributed by atoms with Crippen molar-refractivity contribution in [1.29, 1.82) is 0 Å². The largest absolute Gasteiger partial charge is 0.469 e. The number of esters is 1. The highest BCUT2D eigenvalue weighted by Gasteiger charge is 2.10. The van der Waals surface area contributed by atoms with Gasteiger partial charge in [0.1, 0.15) is 0 Å². The molecule has 0 aliphatic carbocycles. The second-order valence-corrected chi connectivity index (χ2v) is 4.82. The van der Waals surface area contributed by atoms with Crippen molar-refractivity contribution < 1.29 is 19.4 Å². The summed E-state index contributed by atoms with van der Waals surface area (Å²) in [5.41, 5.74) is 1.18. The number of aliphatic hydroxyl groups is 1. The van der Waals surface area contributed by atoms with Gasteiger partial charge in [0.25, 0.3) is 0 Å². The first-order valence-electron chi connectivity index (χ1n) is 7.09. The van der Waals surface area contributed by atoms with E-state index in [2.05, 4.69) is 4.74 Å². The Kier molecular flexibility index (Phi) is 8.67. The number of methoxy groups -OCH3 is 1. The summed E-state index contributed by atoms with van der Waals surface area (Å²) in [7, 11) is 1.33. The van der Waals surface area contributed by atoms with Crippen LogP contribution in [0.3, 0.4) is 0 Å². The van der Waals surface area contributed by atoms with Crippen LogP contribution in [0, 0.1) is 0 Å². The molecule has 0 spiro atoms. The summed E-state index contributed by atoms with van der Waals surface area (Å²) in [6.45, 7) is 1.37. The molecule has 4 nitrogen and oxygen atoms in total. The van der Waals surface area contributed by atoms with Gasteiger partial charge in [-0.15, -0.1) is 0 Å². The van der Waals surface area contributed by atoms with Crippen LogP contribution in [0.1, 0.15) is 37.7 Å². The van der Waals surface area contributed by atoms with Gasteiger partial charge in [-0.25, -0.2) is 0 Å². The third kappa shape index (κ3) is 7.92. The first kappa shape index (κ1) is 16.7. The number of hydrogen-bond donors (Lipinski definition) is 1. The highest BCUT2D eigenvalue weighted by Crippen LogP contribution is 2.08. The van der Waals surface area contributed by atoms with E-state index in [-0.39, 0.29) is 12.4 Å². The lowest BCUT2D eigenvalue weighted by Crippen LogP contribution is -2.14. The van der Waals surface area contributed by atoms with Gasteiger partial charge in [0.2, 0.25) is 0 Å². The number of benzene rings is 1. The highest BCUT2D eigenvalue weighted by atomic mass is 16.5. The second kappa shape index (κ2) is 10.4. The number of aliphatic hydroxyl groups excluding tert-OH is 1. The molecule has 20 heavy (non-hydrogen) atoms. The van der Waals surface area contributed by atoms with Gasteiger partial charge in [0.15, 0.2) is 0 Å². The van der Waals surface area contributed by atoms with Crippen molar-refractivity contribution in [3.8, 4) is 0 Å². The Morgan fingerprint density at radius 2 is 1.95 bits per heavy atom. The number of unbranched alkanes of at least 4 members (excludes halogenated alkanes) is 2. The molecule has 1 aromatic rings. The Balaban J connectivity index is 1.93. The maximum absolute atomic E-state index is 10.9. The Morgan fingerprint density at radius 1 is 1.20 bits per heavy atom. The zero-order chi connectivity index (χ0) is 14.6. The maximum Gasteiger partial charge on any atom is 0.308 e. The van der Waals surface area contributed by atoms with Gasteiger partial charge in [0.05, 0.1) is 26.2 Å². The van der Waals surface area contributed by atoms with Crippen LogP contribution in [0.15, 0.2) is 30.3 Å². The molecular formula is C16H24O4. The Hall–Kier alpha value is -1.39. The average Bonchev–Trinajstić information content (AvgIpc) is 2.47. The highest BCUT2D eigenvalue weighted by molar-refractivity contribution is 5.69. The summed E-state index contributed by atoms with van der Waals surface area (Å²) < 4.78 is 10.1. The van der Waals surface area contributed by atoms with Crippen LogP contribution in [-0.2, 0) is 20.9 Å². The minimum Gasteiger partial charge on any atom is -0.469 e. The topological polar surface area (TPSA) is 55.8 Å². The number of carbonyl (C=O) groups is 1. The van der Waals surface area contributed by atoms with Gasteiger partial charge >= 0.3 is 5.97 Å². The van der Waals surface area contributed by atoms with Crippen LogP contribution in [-0.4, -0.2) is 30.9 Å². The molecule has 0 fully saturated rings. The SMILES string of the molecule is COC(=O)C[C@@H](O)CCCCCOCc1ccccc1.